The second kappa shape index (κ2) is 9.67. The first-order chi connectivity index (χ1) is 13.3. The first-order valence-corrected chi connectivity index (χ1v) is 7.97. The minimum absolute atomic E-state index is 0.00986. The molecule has 0 aliphatic heterocycles. The van der Waals surface area contributed by atoms with Gasteiger partial charge in [-0.05, 0) is 29.8 Å². The van der Waals surface area contributed by atoms with Crippen molar-refractivity contribution in [1.82, 2.24) is 4.90 Å². The summed E-state index contributed by atoms with van der Waals surface area (Å²) in [5.41, 5.74) is 0.907. The van der Waals surface area contributed by atoms with Crippen LogP contribution in [0.15, 0.2) is 42.5 Å². The van der Waals surface area contributed by atoms with E-state index in [4.69, 9.17) is 4.74 Å². The minimum atomic E-state index is -3.04. The van der Waals surface area contributed by atoms with Crippen molar-refractivity contribution >= 4 is 11.7 Å². The predicted molar refractivity (Wildman–Crippen MR) is 93.2 cm³/mol. The minimum Gasteiger partial charge on any atom is -0.493 e. The highest BCUT2D eigenvalue weighted by molar-refractivity contribution is 5.89. The highest BCUT2D eigenvalue weighted by Gasteiger charge is 2.14. The van der Waals surface area contributed by atoms with E-state index in [1.165, 1.54) is 49.4 Å². The number of rotatable bonds is 8. The van der Waals surface area contributed by atoms with E-state index in [9.17, 15) is 22.4 Å². The van der Waals surface area contributed by atoms with Crippen LogP contribution < -0.4 is 19.5 Å². The maximum Gasteiger partial charge on any atom is 0.387 e. The average Bonchev–Trinajstić information content (AvgIpc) is 2.62. The Labute approximate surface area is 158 Å². The Morgan fingerprint density at radius 2 is 1.64 bits per heavy atom. The first kappa shape index (κ1) is 21.1. The quantitative estimate of drug-likeness (QED) is 0.658. The van der Waals surface area contributed by atoms with Crippen LogP contribution in [0, 0.1) is 0 Å². The molecule has 6 nitrogen and oxygen atoms in total. The van der Waals surface area contributed by atoms with Gasteiger partial charge in [0.05, 0.1) is 7.11 Å². The van der Waals surface area contributed by atoms with E-state index in [2.05, 4.69) is 14.8 Å². The molecule has 10 heteroatoms. The summed E-state index contributed by atoms with van der Waals surface area (Å²) < 4.78 is 62.8. The topological polar surface area (TPSA) is 60.0 Å². The van der Waals surface area contributed by atoms with Crippen molar-refractivity contribution in [3.05, 3.63) is 48.0 Å². The molecule has 0 saturated heterocycles. The van der Waals surface area contributed by atoms with Crippen LogP contribution in [-0.2, 0) is 6.54 Å². The number of alkyl halides is 4. The number of amides is 2. The SMILES string of the molecule is COc1ccc(NC(=O)N(C)Cc2ccc(OC(F)F)cc2)cc1OC(F)F. The van der Waals surface area contributed by atoms with Gasteiger partial charge < -0.3 is 24.4 Å². The van der Waals surface area contributed by atoms with Crippen LogP contribution in [0.25, 0.3) is 0 Å². The number of carbonyl (C=O) groups excluding carboxylic acids is 1. The Bertz CT molecular complexity index is 788. The smallest absolute Gasteiger partial charge is 0.387 e. The Balaban J connectivity index is 2.00. The van der Waals surface area contributed by atoms with Crippen molar-refractivity contribution in [3.63, 3.8) is 0 Å². The highest BCUT2D eigenvalue weighted by Crippen LogP contribution is 2.31. The highest BCUT2D eigenvalue weighted by atomic mass is 19.3. The van der Waals surface area contributed by atoms with Crippen molar-refractivity contribution in [2.24, 2.45) is 0 Å². The van der Waals surface area contributed by atoms with Crippen LogP contribution in [0.3, 0.4) is 0 Å². The molecule has 2 amide bonds. The van der Waals surface area contributed by atoms with E-state index in [0.717, 1.165) is 0 Å². The second-order valence-electron chi connectivity index (χ2n) is 5.55. The van der Waals surface area contributed by atoms with Gasteiger partial charge in [-0.1, -0.05) is 12.1 Å². The Morgan fingerprint density at radius 1 is 1.00 bits per heavy atom. The van der Waals surface area contributed by atoms with Crippen molar-refractivity contribution in [3.8, 4) is 17.2 Å². The number of nitrogens with one attached hydrogen (secondary N) is 1. The fraction of sp³-hybridized carbons (Fsp3) is 0.278. The van der Waals surface area contributed by atoms with Crippen LogP contribution in [-0.4, -0.2) is 38.3 Å². The van der Waals surface area contributed by atoms with Gasteiger partial charge in [-0.25, -0.2) is 4.79 Å². The molecule has 28 heavy (non-hydrogen) atoms. The van der Waals surface area contributed by atoms with E-state index < -0.39 is 19.3 Å². The number of nitrogens with zero attached hydrogens (tertiary/aromatic N) is 1. The summed E-state index contributed by atoms with van der Waals surface area (Å²) in [6.07, 6.45) is 0. The van der Waals surface area contributed by atoms with Crippen molar-refractivity contribution < 1.29 is 36.6 Å². The summed E-state index contributed by atoms with van der Waals surface area (Å²) in [6, 6.07) is 9.38. The lowest BCUT2D eigenvalue weighted by molar-refractivity contribution is -0.0514. The lowest BCUT2D eigenvalue weighted by Gasteiger charge is -2.19. The third-order valence-corrected chi connectivity index (χ3v) is 3.55. The summed E-state index contributed by atoms with van der Waals surface area (Å²) in [4.78, 5) is 13.6. The lowest BCUT2D eigenvalue weighted by atomic mass is 10.2. The lowest BCUT2D eigenvalue weighted by Crippen LogP contribution is -2.30. The van der Waals surface area contributed by atoms with E-state index in [1.807, 2.05) is 0 Å². The van der Waals surface area contributed by atoms with E-state index in [-0.39, 0.29) is 29.5 Å². The molecule has 0 aliphatic rings. The summed E-state index contributed by atoms with van der Waals surface area (Å²) in [5.74, 6) is -0.110. The maximum absolute atomic E-state index is 12.5. The molecule has 2 aromatic carbocycles. The number of hydrogen-bond donors (Lipinski definition) is 1. The van der Waals surface area contributed by atoms with Gasteiger partial charge in [0.2, 0.25) is 0 Å². The second-order valence-corrected chi connectivity index (χ2v) is 5.55. The Hall–Kier alpha value is -3.17. The zero-order valence-electron chi connectivity index (χ0n) is 15.0. The fourth-order valence-electron chi connectivity index (χ4n) is 2.28. The monoisotopic (exact) mass is 402 g/mol. The van der Waals surface area contributed by atoms with Gasteiger partial charge in [0.1, 0.15) is 5.75 Å². The molecular formula is C18H18F4N2O4. The van der Waals surface area contributed by atoms with Crippen molar-refractivity contribution in [1.29, 1.82) is 0 Å². The molecule has 0 saturated carbocycles. The molecule has 0 unspecified atom stereocenters. The summed E-state index contributed by atoms with van der Waals surface area (Å²) in [6.45, 7) is -5.78. The molecule has 0 aliphatic carbocycles. The number of methoxy groups -OCH3 is 1. The molecule has 0 radical (unpaired) electrons. The molecular weight excluding hydrogens is 384 g/mol. The Morgan fingerprint density at radius 3 is 2.21 bits per heavy atom. The number of urea groups is 1. The normalized spacial score (nSPS) is 10.7. The van der Waals surface area contributed by atoms with Gasteiger partial charge in [-0.2, -0.15) is 17.6 Å². The van der Waals surface area contributed by atoms with Crippen LogP contribution in [0.2, 0.25) is 0 Å². The van der Waals surface area contributed by atoms with Gasteiger partial charge in [0.25, 0.3) is 0 Å². The van der Waals surface area contributed by atoms with Crippen LogP contribution in [0.5, 0.6) is 17.2 Å². The summed E-state index contributed by atoms with van der Waals surface area (Å²) in [7, 11) is 2.82. The number of halogens is 4. The van der Waals surface area contributed by atoms with Gasteiger partial charge in [0, 0.05) is 25.3 Å². The molecule has 1 N–H and O–H groups in total. The molecule has 152 valence electrons. The van der Waals surface area contributed by atoms with Crippen LogP contribution in [0.1, 0.15) is 5.56 Å². The van der Waals surface area contributed by atoms with Crippen molar-refractivity contribution in [2.75, 3.05) is 19.5 Å². The molecule has 0 fully saturated rings. The molecule has 0 bridgehead atoms. The predicted octanol–water partition coefficient (Wildman–Crippen LogP) is 4.56. The largest absolute Gasteiger partial charge is 0.493 e. The molecule has 0 spiro atoms. The number of ether oxygens (including phenoxy) is 3. The molecule has 2 aromatic rings. The third-order valence-electron chi connectivity index (χ3n) is 3.55. The number of anilines is 1. The van der Waals surface area contributed by atoms with E-state index >= 15 is 0 Å². The molecule has 2 rings (SSSR count). The zero-order chi connectivity index (χ0) is 20.7. The molecule has 0 aromatic heterocycles. The number of benzene rings is 2. The van der Waals surface area contributed by atoms with Gasteiger partial charge in [-0.15, -0.1) is 0 Å². The van der Waals surface area contributed by atoms with Crippen LogP contribution >= 0.6 is 0 Å². The standard InChI is InChI=1S/C18H18F4N2O4/c1-24(10-11-3-6-13(7-4-11)27-16(19)20)18(25)23-12-5-8-14(26-2)15(9-12)28-17(21)22/h3-9,16-17H,10H2,1-2H3,(H,23,25). The van der Waals surface area contributed by atoms with Crippen molar-refractivity contribution in [2.45, 2.75) is 19.8 Å². The van der Waals surface area contributed by atoms with Crippen LogP contribution in [0.4, 0.5) is 28.0 Å². The van der Waals surface area contributed by atoms with Gasteiger partial charge in [-0.3, -0.25) is 0 Å². The zero-order valence-corrected chi connectivity index (χ0v) is 15.0. The van der Waals surface area contributed by atoms with Gasteiger partial charge in [0.15, 0.2) is 11.5 Å². The first-order valence-electron chi connectivity index (χ1n) is 7.97. The maximum atomic E-state index is 12.5. The van der Waals surface area contributed by atoms with E-state index in [1.54, 1.807) is 12.1 Å². The Kier molecular flexibility index (Phi) is 7.30. The summed E-state index contributed by atoms with van der Waals surface area (Å²) >= 11 is 0. The van der Waals surface area contributed by atoms with E-state index in [0.29, 0.717) is 5.56 Å². The third kappa shape index (κ3) is 6.22. The molecule has 0 heterocycles. The number of hydrogen-bond acceptors (Lipinski definition) is 4. The van der Waals surface area contributed by atoms with Gasteiger partial charge >= 0.3 is 19.3 Å². The number of carbonyl (C=O) groups is 1. The average molecular weight is 402 g/mol. The summed E-state index contributed by atoms with van der Waals surface area (Å²) in [5, 5.41) is 2.55. The molecule has 0 atom stereocenters. The fourth-order valence-corrected chi connectivity index (χ4v) is 2.28.